The second kappa shape index (κ2) is 7.24. The molecule has 9 heteroatoms. The zero-order valence-electron chi connectivity index (χ0n) is 11.7. The molecule has 116 valence electrons. The maximum atomic E-state index is 11.9. The van der Waals surface area contributed by atoms with Gasteiger partial charge in [0.15, 0.2) is 5.16 Å². The molecule has 0 aliphatic heterocycles. The van der Waals surface area contributed by atoms with Crippen LogP contribution in [0.2, 0.25) is 0 Å². The summed E-state index contributed by atoms with van der Waals surface area (Å²) < 4.78 is 0. The number of amides is 1. The number of carboxylic acids is 1. The van der Waals surface area contributed by atoms with E-state index >= 15 is 0 Å². The van der Waals surface area contributed by atoms with E-state index < -0.39 is 5.97 Å². The van der Waals surface area contributed by atoms with Crippen LogP contribution >= 0.6 is 11.8 Å². The molecule has 0 spiro atoms. The number of carbonyl (C=O) groups is 2. The molecule has 23 heavy (non-hydrogen) atoms. The SMILES string of the molecule is N#Cc1cnc(SCC(=O)Nc2cccc(C(=O)O)c2)nc1N. The molecule has 0 aliphatic carbocycles. The fourth-order valence-electron chi connectivity index (χ4n) is 1.59. The molecule has 1 aromatic carbocycles. The van der Waals surface area contributed by atoms with Gasteiger partial charge in [-0.3, -0.25) is 4.79 Å². The van der Waals surface area contributed by atoms with Crippen LogP contribution in [0, 0.1) is 11.3 Å². The van der Waals surface area contributed by atoms with Gasteiger partial charge in [0.1, 0.15) is 17.5 Å². The van der Waals surface area contributed by atoms with Crippen molar-refractivity contribution in [3.8, 4) is 6.07 Å². The molecule has 0 radical (unpaired) electrons. The number of carboxylic acid groups (broad SMARTS) is 1. The largest absolute Gasteiger partial charge is 0.478 e. The van der Waals surface area contributed by atoms with E-state index in [0.29, 0.717) is 5.69 Å². The van der Waals surface area contributed by atoms with Crippen LogP contribution in [-0.2, 0) is 4.79 Å². The van der Waals surface area contributed by atoms with Gasteiger partial charge >= 0.3 is 5.97 Å². The topological polar surface area (TPSA) is 142 Å². The Kier molecular flexibility index (Phi) is 5.11. The number of aromatic carboxylic acids is 1. The third-order valence-corrected chi connectivity index (χ3v) is 3.50. The van der Waals surface area contributed by atoms with Crippen molar-refractivity contribution in [3.05, 3.63) is 41.6 Å². The number of nitrogens with zero attached hydrogens (tertiary/aromatic N) is 3. The minimum absolute atomic E-state index is 0.0165. The molecule has 1 heterocycles. The molecular formula is C14H11N5O3S. The predicted molar refractivity (Wildman–Crippen MR) is 83.9 cm³/mol. The van der Waals surface area contributed by atoms with Crippen LogP contribution in [0.25, 0.3) is 0 Å². The van der Waals surface area contributed by atoms with Crippen LogP contribution in [-0.4, -0.2) is 32.7 Å². The first kappa shape index (κ1) is 16.3. The van der Waals surface area contributed by atoms with Crippen molar-refractivity contribution in [2.75, 3.05) is 16.8 Å². The first-order chi connectivity index (χ1) is 11.0. The lowest BCUT2D eigenvalue weighted by Crippen LogP contribution is -2.14. The number of hydrogen-bond donors (Lipinski definition) is 3. The molecule has 1 aromatic heterocycles. The number of aromatic nitrogens is 2. The summed E-state index contributed by atoms with van der Waals surface area (Å²) in [6.45, 7) is 0. The summed E-state index contributed by atoms with van der Waals surface area (Å²) in [6, 6.07) is 7.77. The Morgan fingerprint density at radius 1 is 1.43 bits per heavy atom. The van der Waals surface area contributed by atoms with Crippen molar-refractivity contribution in [1.82, 2.24) is 9.97 Å². The average Bonchev–Trinajstić information content (AvgIpc) is 2.53. The summed E-state index contributed by atoms with van der Waals surface area (Å²) in [7, 11) is 0. The van der Waals surface area contributed by atoms with Gasteiger partial charge in [0.05, 0.1) is 17.5 Å². The van der Waals surface area contributed by atoms with Gasteiger partial charge in [-0.2, -0.15) is 5.26 Å². The Balaban J connectivity index is 1.95. The van der Waals surface area contributed by atoms with E-state index in [1.54, 1.807) is 6.07 Å². The monoisotopic (exact) mass is 329 g/mol. The van der Waals surface area contributed by atoms with E-state index in [9.17, 15) is 9.59 Å². The van der Waals surface area contributed by atoms with Gasteiger partial charge in [-0.05, 0) is 18.2 Å². The van der Waals surface area contributed by atoms with Crippen molar-refractivity contribution >= 4 is 35.1 Å². The van der Waals surface area contributed by atoms with Gasteiger partial charge in [-0.15, -0.1) is 0 Å². The van der Waals surface area contributed by atoms with Crippen LogP contribution in [0.5, 0.6) is 0 Å². The molecule has 0 fully saturated rings. The van der Waals surface area contributed by atoms with Gasteiger partial charge in [-0.1, -0.05) is 17.8 Å². The highest BCUT2D eigenvalue weighted by molar-refractivity contribution is 7.99. The lowest BCUT2D eigenvalue weighted by molar-refractivity contribution is -0.113. The van der Waals surface area contributed by atoms with E-state index in [-0.39, 0.29) is 33.8 Å². The van der Waals surface area contributed by atoms with E-state index in [2.05, 4.69) is 15.3 Å². The quantitative estimate of drug-likeness (QED) is 0.551. The van der Waals surface area contributed by atoms with Crippen molar-refractivity contribution in [1.29, 1.82) is 5.26 Å². The normalized spacial score (nSPS) is 9.87. The first-order valence-electron chi connectivity index (χ1n) is 6.28. The number of anilines is 2. The van der Waals surface area contributed by atoms with E-state index in [1.807, 2.05) is 6.07 Å². The van der Waals surface area contributed by atoms with Gasteiger partial charge < -0.3 is 16.2 Å². The van der Waals surface area contributed by atoms with E-state index in [1.165, 1.54) is 24.4 Å². The highest BCUT2D eigenvalue weighted by atomic mass is 32.2. The maximum absolute atomic E-state index is 11.9. The number of benzene rings is 1. The molecule has 0 atom stereocenters. The van der Waals surface area contributed by atoms with Crippen LogP contribution in [0.15, 0.2) is 35.6 Å². The summed E-state index contributed by atoms with van der Waals surface area (Å²) >= 11 is 1.05. The predicted octanol–water partition coefficient (Wildman–Crippen LogP) is 1.36. The van der Waals surface area contributed by atoms with Gasteiger partial charge in [-0.25, -0.2) is 14.8 Å². The molecule has 0 aliphatic rings. The molecule has 0 bridgehead atoms. The maximum Gasteiger partial charge on any atom is 0.335 e. The Morgan fingerprint density at radius 2 is 2.22 bits per heavy atom. The van der Waals surface area contributed by atoms with Crippen LogP contribution in [0.3, 0.4) is 0 Å². The summed E-state index contributed by atoms with van der Waals surface area (Å²) in [4.78, 5) is 30.6. The van der Waals surface area contributed by atoms with Crippen LogP contribution < -0.4 is 11.1 Å². The van der Waals surface area contributed by atoms with Crippen LogP contribution in [0.1, 0.15) is 15.9 Å². The number of nitrogens with one attached hydrogen (secondary N) is 1. The van der Waals surface area contributed by atoms with Crippen molar-refractivity contribution in [2.45, 2.75) is 5.16 Å². The Labute approximate surface area is 135 Å². The summed E-state index contributed by atoms with van der Waals surface area (Å²) in [5.41, 5.74) is 6.20. The number of hydrogen-bond acceptors (Lipinski definition) is 7. The molecule has 0 unspecified atom stereocenters. The molecule has 1 amide bonds. The van der Waals surface area contributed by atoms with E-state index in [4.69, 9.17) is 16.1 Å². The lowest BCUT2D eigenvalue weighted by Gasteiger charge is -2.06. The zero-order valence-corrected chi connectivity index (χ0v) is 12.5. The van der Waals surface area contributed by atoms with Crippen LogP contribution in [0.4, 0.5) is 11.5 Å². The minimum atomic E-state index is -1.07. The number of rotatable bonds is 5. The number of nitrogen functional groups attached to an aromatic ring is 1. The smallest absolute Gasteiger partial charge is 0.335 e. The van der Waals surface area contributed by atoms with Gasteiger partial charge in [0.2, 0.25) is 5.91 Å². The van der Waals surface area contributed by atoms with Crippen molar-refractivity contribution in [3.63, 3.8) is 0 Å². The summed E-state index contributed by atoms with van der Waals surface area (Å²) in [5, 5.41) is 20.5. The number of thioether (sulfide) groups is 1. The molecule has 0 saturated heterocycles. The minimum Gasteiger partial charge on any atom is -0.478 e. The molecule has 2 aromatic rings. The summed E-state index contributed by atoms with van der Waals surface area (Å²) in [5.74, 6) is -1.34. The molecule has 4 N–H and O–H groups in total. The van der Waals surface area contributed by atoms with Crippen molar-refractivity contribution in [2.24, 2.45) is 0 Å². The first-order valence-corrected chi connectivity index (χ1v) is 7.27. The molecule has 0 saturated carbocycles. The second-order valence-electron chi connectivity index (χ2n) is 4.29. The fourth-order valence-corrected chi connectivity index (χ4v) is 2.21. The highest BCUT2D eigenvalue weighted by Gasteiger charge is 2.09. The molecular weight excluding hydrogens is 318 g/mol. The van der Waals surface area contributed by atoms with Gasteiger partial charge in [0.25, 0.3) is 0 Å². The third kappa shape index (κ3) is 4.42. The summed E-state index contributed by atoms with van der Waals surface area (Å²) in [6.07, 6.45) is 1.29. The third-order valence-electron chi connectivity index (χ3n) is 2.64. The Hall–Kier alpha value is -3.12. The molecule has 2 rings (SSSR count). The standard InChI is InChI=1S/C14H11N5O3S/c15-5-9-6-17-14(19-12(9)16)23-7-11(20)18-10-3-1-2-8(4-10)13(21)22/h1-4,6H,7H2,(H,18,20)(H,21,22)(H2,16,17,19). The zero-order chi connectivity index (χ0) is 16.8. The fraction of sp³-hybridized carbons (Fsp3) is 0.0714. The lowest BCUT2D eigenvalue weighted by atomic mass is 10.2. The molecule has 8 nitrogen and oxygen atoms in total. The number of nitriles is 1. The van der Waals surface area contributed by atoms with Gasteiger partial charge in [0, 0.05) is 5.69 Å². The Morgan fingerprint density at radius 3 is 2.87 bits per heavy atom. The van der Waals surface area contributed by atoms with E-state index in [0.717, 1.165) is 11.8 Å². The number of carbonyl (C=O) groups excluding carboxylic acids is 1. The second-order valence-corrected chi connectivity index (χ2v) is 5.23. The number of nitrogens with two attached hydrogens (primary N) is 1. The Bertz CT molecular complexity index is 803. The highest BCUT2D eigenvalue weighted by Crippen LogP contribution is 2.17. The van der Waals surface area contributed by atoms with Crippen molar-refractivity contribution < 1.29 is 14.7 Å². The average molecular weight is 329 g/mol.